The standard InChI is InChI=1S/C10H9N3O2/c11-3-4-13-8-2-1-7(6-12)5-9(8)15-10(13)14/h1-2,5H,4,6,12H2. The summed E-state index contributed by atoms with van der Waals surface area (Å²) in [6.45, 7) is 0.386. The van der Waals surface area contributed by atoms with Crippen molar-refractivity contribution in [3.63, 3.8) is 0 Å². The van der Waals surface area contributed by atoms with Crippen molar-refractivity contribution < 1.29 is 4.42 Å². The van der Waals surface area contributed by atoms with E-state index in [2.05, 4.69) is 0 Å². The lowest BCUT2D eigenvalue weighted by atomic mass is 10.2. The third kappa shape index (κ3) is 1.51. The number of fused-ring (bicyclic) bond motifs is 1. The lowest BCUT2D eigenvalue weighted by Crippen LogP contribution is -2.12. The normalized spacial score (nSPS) is 10.4. The van der Waals surface area contributed by atoms with E-state index in [1.54, 1.807) is 12.1 Å². The molecule has 0 radical (unpaired) electrons. The summed E-state index contributed by atoms with van der Waals surface area (Å²) in [7, 11) is 0. The maximum absolute atomic E-state index is 11.3. The van der Waals surface area contributed by atoms with Crippen LogP contribution in [0.4, 0.5) is 0 Å². The zero-order valence-corrected chi connectivity index (χ0v) is 7.93. The van der Waals surface area contributed by atoms with Gasteiger partial charge in [0.25, 0.3) is 0 Å². The predicted molar refractivity (Wildman–Crippen MR) is 54.0 cm³/mol. The molecule has 0 fully saturated rings. The Morgan fingerprint density at radius 3 is 3.00 bits per heavy atom. The smallest absolute Gasteiger partial charge is 0.408 e. The van der Waals surface area contributed by atoms with E-state index in [-0.39, 0.29) is 6.54 Å². The molecule has 1 aromatic heterocycles. The molecule has 0 aliphatic carbocycles. The molecule has 0 aliphatic heterocycles. The van der Waals surface area contributed by atoms with Crippen LogP contribution < -0.4 is 11.5 Å². The number of nitriles is 1. The largest absolute Gasteiger partial charge is 0.420 e. The summed E-state index contributed by atoms with van der Waals surface area (Å²) in [5, 5.41) is 8.55. The molecule has 2 rings (SSSR count). The van der Waals surface area contributed by atoms with Crippen LogP contribution >= 0.6 is 0 Å². The maximum atomic E-state index is 11.3. The third-order valence-electron chi connectivity index (χ3n) is 2.20. The Hall–Kier alpha value is -2.06. The second kappa shape index (κ2) is 3.59. The average Bonchev–Trinajstić information content (AvgIpc) is 2.55. The molecule has 5 nitrogen and oxygen atoms in total. The van der Waals surface area contributed by atoms with E-state index in [1.807, 2.05) is 12.1 Å². The quantitative estimate of drug-likeness (QED) is 0.773. The van der Waals surface area contributed by atoms with Crippen LogP contribution in [0, 0.1) is 11.3 Å². The van der Waals surface area contributed by atoms with E-state index in [0.29, 0.717) is 17.6 Å². The van der Waals surface area contributed by atoms with E-state index >= 15 is 0 Å². The molecule has 0 unspecified atom stereocenters. The summed E-state index contributed by atoms with van der Waals surface area (Å²) in [5.74, 6) is -0.513. The van der Waals surface area contributed by atoms with Crippen LogP contribution in [-0.4, -0.2) is 4.57 Å². The van der Waals surface area contributed by atoms with Gasteiger partial charge in [0.2, 0.25) is 0 Å². The molecular formula is C10H9N3O2. The van der Waals surface area contributed by atoms with Gasteiger partial charge in [-0.1, -0.05) is 6.07 Å². The number of rotatable bonds is 2. The number of hydrogen-bond donors (Lipinski definition) is 1. The van der Waals surface area contributed by atoms with Crippen LogP contribution in [0.1, 0.15) is 5.56 Å². The average molecular weight is 203 g/mol. The Kier molecular flexibility index (Phi) is 2.27. The fourth-order valence-electron chi connectivity index (χ4n) is 1.46. The van der Waals surface area contributed by atoms with Gasteiger partial charge in [-0.05, 0) is 17.7 Å². The highest BCUT2D eigenvalue weighted by atomic mass is 16.4. The first-order valence-electron chi connectivity index (χ1n) is 4.45. The molecule has 2 aromatic rings. The highest BCUT2D eigenvalue weighted by molar-refractivity contribution is 5.73. The lowest BCUT2D eigenvalue weighted by molar-refractivity contribution is 0.520. The van der Waals surface area contributed by atoms with Gasteiger partial charge in [-0.2, -0.15) is 5.26 Å². The van der Waals surface area contributed by atoms with E-state index in [4.69, 9.17) is 15.4 Å². The molecule has 76 valence electrons. The Morgan fingerprint density at radius 1 is 1.53 bits per heavy atom. The fraction of sp³-hybridized carbons (Fsp3) is 0.200. The van der Waals surface area contributed by atoms with Crippen LogP contribution in [0.5, 0.6) is 0 Å². The monoisotopic (exact) mass is 203 g/mol. The van der Waals surface area contributed by atoms with Crippen molar-refractivity contribution in [1.29, 1.82) is 5.26 Å². The number of benzene rings is 1. The highest BCUT2D eigenvalue weighted by Crippen LogP contribution is 2.14. The summed E-state index contributed by atoms with van der Waals surface area (Å²) in [4.78, 5) is 11.3. The van der Waals surface area contributed by atoms with Crippen LogP contribution in [-0.2, 0) is 13.1 Å². The van der Waals surface area contributed by atoms with Crippen molar-refractivity contribution >= 4 is 11.1 Å². The Balaban J connectivity index is 2.69. The van der Waals surface area contributed by atoms with Gasteiger partial charge in [-0.3, -0.25) is 4.57 Å². The summed E-state index contributed by atoms with van der Waals surface area (Å²) in [6, 6.07) is 7.17. The molecule has 5 heteroatoms. The van der Waals surface area contributed by atoms with Gasteiger partial charge >= 0.3 is 5.76 Å². The third-order valence-corrected chi connectivity index (χ3v) is 2.20. The van der Waals surface area contributed by atoms with Gasteiger partial charge < -0.3 is 10.2 Å². The topological polar surface area (TPSA) is 85.0 Å². The number of oxazole rings is 1. The van der Waals surface area contributed by atoms with E-state index in [9.17, 15) is 4.79 Å². The van der Waals surface area contributed by atoms with Crippen molar-refractivity contribution in [1.82, 2.24) is 4.57 Å². The van der Waals surface area contributed by atoms with Crippen molar-refractivity contribution in [3.05, 3.63) is 34.3 Å². The van der Waals surface area contributed by atoms with E-state index in [0.717, 1.165) is 5.56 Å². The summed E-state index contributed by atoms with van der Waals surface area (Å²) >= 11 is 0. The van der Waals surface area contributed by atoms with Gasteiger partial charge in [0.1, 0.15) is 6.54 Å². The molecular weight excluding hydrogens is 194 g/mol. The molecule has 0 saturated heterocycles. The van der Waals surface area contributed by atoms with Gasteiger partial charge in [-0.15, -0.1) is 0 Å². The minimum atomic E-state index is -0.513. The molecule has 0 atom stereocenters. The summed E-state index contributed by atoms with van der Waals surface area (Å²) in [6.07, 6.45) is 0. The van der Waals surface area contributed by atoms with Gasteiger partial charge in [0.05, 0.1) is 11.6 Å². The van der Waals surface area contributed by atoms with Crippen molar-refractivity contribution in [2.24, 2.45) is 5.73 Å². The molecule has 0 bridgehead atoms. The molecule has 2 N–H and O–H groups in total. The second-order valence-corrected chi connectivity index (χ2v) is 3.12. The molecule has 1 aromatic carbocycles. The van der Waals surface area contributed by atoms with Crippen LogP contribution in [0.3, 0.4) is 0 Å². The first-order chi connectivity index (χ1) is 7.26. The Bertz CT molecular complexity index is 589. The first kappa shape index (κ1) is 9.49. The Morgan fingerprint density at radius 2 is 2.33 bits per heavy atom. The second-order valence-electron chi connectivity index (χ2n) is 3.12. The van der Waals surface area contributed by atoms with Gasteiger partial charge in [0, 0.05) is 6.54 Å². The van der Waals surface area contributed by atoms with Crippen molar-refractivity contribution in [3.8, 4) is 6.07 Å². The molecule has 0 saturated carbocycles. The molecule has 0 spiro atoms. The first-order valence-corrected chi connectivity index (χ1v) is 4.45. The fourth-order valence-corrected chi connectivity index (χ4v) is 1.46. The SMILES string of the molecule is N#CCn1c(=O)oc2cc(CN)ccc21. The Labute approximate surface area is 85.3 Å². The maximum Gasteiger partial charge on any atom is 0.420 e. The molecule has 1 heterocycles. The molecule has 15 heavy (non-hydrogen) atoms. The van der Waals surface area contributed by atoms with E-state index < -0.39 is 5.76 Å². The number of aromatic nitrogens is 1. The molecule has 0 amide bonds. The van der Waals surface area contributed by atoms with Crippen LogP contribution in [0.25, 0.3) is 11.1 Å². The predicted octanol–water partition coefficient (Wildman–Crippen LogP) is 0.577. The minimum absolute atomic E-state index is 0.00615. The number of nitrogens with zero attached hydrogens (tertiary/aromatic N) is 2. The van der Waals surface area contributed by atoms with Crippen LogP contribution in [0.15, 0.2) is 27.4 Å². The minimum Gasteiger partial charge on any atom is -0.408 e. The zero-order valence-electron chi connectivity index (χ0n) is 7.93. The van der Waals surface area contributed by atoms with Gasteiger partial charge in [0.15, 0.2) is 5.58 Å². The molecule has 0 aliphatic rings. The van der Waals surface area contributed by atoms with Crippen LogP contribution in [0.2, 0.25) is 0 Å². The van der Waals surface area contributed by atoms with E-state index in [1.165, 1.54) is 4.57 Å². The summed E-state index contributed by atoms with van der Waals surface area (Å²) in [5.41, 5.74) is 7.45. The van der Waals surface area contributed by atoms with Crippen molar-refractivity contribution in [2.45, 2.75) is 13.1 Å². The number of nitrogens with two attached hydrogens (primary N) is 1. The highest BCUT2D eigenvalue weighted by Gasteiger charge is 2.08. The lowest BCUT2D eigenvalue weighted by Gasteiger charge is -1.96. The van der Waals surface area contributed by atoms with Gasteiger partial charge in [-0.25, -0.2) is 4.79 Å². The van der Waals surface area contributed by atoms with Crippen molar-refractivity contribution in [2.75, 3.05) is 0 Å². The number of hydrogen-bond acceptors (Lipinski definition) is 4. The zero-order chi connectivity index (χ0) is 10.8. The summed E-state index contributed by atoms with van der Waals surface area (Å²) < 4.78 is 6.28.